The van der Waals surface area contributed by atoms with Crippen molar-refractivity contribution in [2.75, 3.05) is 13.2 Å². The third-order valence-electron chi connectivity index (χ3n) is 6.44. The number of benzene rings is 4. The lowest BCUT2D eigenvalue weighted by atomic mass is 10.0. The monoisotopic (exact) mass is 523 g/mol. The fraction of sp³-hybridized carbons (Fsp3) is 0.219. The number of hydrogen-bond donors (Lipinski definition) is 4. The summed E-state index contributed by atoms with van der Waals surface area (Å²) in [6.07, 6.45) is 0.660. The summed E-state index contributed by atoms with van der Waals surface area (Å²) in [4.78, 5) is 39.5. The van der Waals surface area contributed by atoms with Crippen molar-refractivity contribution in [1.29, 1.82) is 0 Å². The van der Waals surface area contributed by atoms with E-state index in [9.17, 15) is 14.4 Å². The molecule has 2 unspecified atom stereocenters. The van der Waals surface area contributed by atoms with E-state index >= 15 is 0 Å². The van der Waals surface area contributed by atoms with E-state index < -0.39 is 23.9 Å². The molecule has 4 N–H and O–H groups in total. The molecule has 4 rings (SSSR count). The van der Waals surface area contributed by atoms with Crippen molar-refractivity contribution in [3.63, 3.8) is 0 Å². The van der Waals surface area contributed by atoms with E-state index in [1.54, 1.807) is 0 Å². The molecule has 0 spiro atoms. The van der Waals surface area contributed by atoms with Gasteiger partial charge in [0.25, 0.3) is 0 Å². The van der Waals surface area contributed by atoms with Crippen molar-refractivity contribution in [2.24, 2.45) is 0 Å². The first-order valence-corrected chi connectivity index (χ1v) is 13.1. The Kier molecular flexibility index (Phi) is 9.80. The third-order valence-corrected chi connectivity index (χ3v) is 6.44. The smallest absolute Gasteiger partial charge is 0.243 e. The molecule has 200 valence electrons. The Bertz CT molecular complexity index is 1390. The number of aliphatic hydroxyl groups excluding tert-OH is 1. The number of rotatable bonds is 12. The molecule has 0 aliphatic carbocycles. The molecule has 0 saturated carbocycles. The second-order valence-corrected chi connectivity index (χ2v) is 9.43. The van der Waals surface area contributed by atoms with E-state index in [0.717, 1.165) is 27.5 Å². The molecular weight excluding hydrogens is 490 g/mol. The molecule has 7 nitrogen and oxygen atoms in total. The molecule has 3 amide bonds. The summed E-state index contributed by atoms with van der Waals surface area (Å²) in [7, 11) is 0. The SMILES string of the molecule is O=C(Cc1ccc2ccccc2c1)NC(Cc1ccccc1)C(=O)NC(Cc1ccccc1)C(=O)NCCO. The quantitative estimate of drug-likeness (QED) is 0.229. The molecule has 4 aromatic carbocycles. The van der Waals surface area contributed by atoms with Crippen LogP contribution in [0.15, 0.2) is 103 Å². The van der Waals surface area contributed by atoms with Crippen molar-refractivity contribution in [3.8, 4) is 0 Å². The Balaban J connectivity index is 1.50. The Morgan fingerprint density at radius 1 is 0.615 bits per heavy atom. The van der Waals surface area contributed by atoms with E-state index in [4.69, 9.17) is 5.11 Å². The summed E-state index contributed by atoms with van der Waals surface area (Å²) in [5.74, 6) is -1.14. The molecule has 0 aliphatic heterocycles. The third kappa shape index (κ3) is 8.25. The molecule has 7 heteroatoms. The van der Waals surface area contributed by atoms with Crippen LogP contribution in [0.4, 0.5) is 0 Å². The highest BCUT2D eigenvalue weighted by Gasteiger charge is 2.27. The van der Waals surface area contributed by atoms with Gasteiger partial charge in [0.05, 0.1) is 13.0 Å². The van der Waals surface area contributed by atoms with Crippen LogP contribution < -0.4 is 16.0 Å². The molecule has 0 heterocycles. The molecule has 0 aliphatic rings. The fourth-order valence-corrected chi connectivity index (χ4v) is 4.47. The van der Waals surface area contributed by atoms with Gasteiger partial charge in [0.15, 0.2) is 0 Å². The van der Waals surface area contributed by atoms with Gasteiger partial charge in [0, 0.05) is 19.4 Å². The first kappa shape index (κ1) is 27.5. The zero-order chi connectivity index (χ0) is 27.5. The summed E-state index contributed by atoms with van der Waals surface area (Å²) in [5.41, 5.74) is 2.60. The zero-order valence-corrected chi connectivity index (χ0v) is 21.7. The summed E-state index contributed by atoms with van der Waals surface area (Å²) < 4.78 is 0. The maximum Gasteiger partial charge on any atom is 0.243 e. The van der Waals surface area contributed by atoms with Gasteiger partial charge in [0.2, 0.25) is 17.7 Å². The lowest BCUT2D eigenvalue weighted by Crippen LogP contribution is -2.55. The van der Waals surface area contributed by atoms with Gasteiger partial charge in [-0.1, -0.05) is 103 Å². The Hall–Kier alpha value is -4.49. The van der Waals surface area contributed by atoms with Crippen LogP contribution in [0.3, 0.4) is 0 Å². The minimum atomic E-state index is -0.885. The summed E-state index contributed by atoms with van der Waals surface area (Å²) in [6, 6.07) is 30.8. The average molecular weight is 524 g/mol. The van der Waals surface area contributed by atoms with Crippen LogP contribution in [0.2, 0.25) is 0 Å². The second kappa shape index (κ2) is 13.9. The van der Waals surface area contributed by atoms with Crippen molar-refractivity contribution in [3.05, 3.63) is 120 Å². The highest BCUT2D eigenvalue weighted by atomic mass is 16.3. The van der Waals surface area contributed by atoms with Crippen molar-refractivity contribution >= 4 is 28.5 Å². The Morgan fingerprint density at radius 2 is 1.18 bits per heavy atom. The second-order valence-electron chi connectivity index (χ2n) is 9.43. The number of hydrogen-bond acceptors (Lipinski definition) is 4. The maximum atomic E-state index is 13.5. The van der Waals surface area contributed by atoms with Crippen LogP contribution >= 0.6 is 0 Å². The highest BCUT2D eigenvalue weighted by molar-refractivity contribution is 5.93. The number of carbonyl (C=O) groups is 3. The predicted octanol–water partition coefficient (Wildman–Crippen LogP) is 2.95. The average Bonchev–Trinajstić information content (AvgIpc) is 2.96. The molecular formula is C32H33N3O4. The molecule has 0 radical (unpaired) electrons. The van der Waals surface area contributed by atoms with Gasteiger partial charge in [0.1, 0.15) is 12.1 Å². The number of carbonyl (C=O) groups excluding carboxylic acids is 3. The van der Waals surface area contributed by atoms with Crippen LogP contribution in [-0.4, -0.2) is 48.1 Å². The van der Waals surface area contributed by atoms with Crippen molar-refractivity contribution < 1.29 is 19.5 Å². The molecule has 0 bridgehead atoms. The molecule has 39 heavy (non-hydrogen) atoms. The van der Waals surface area contributed by atoms with Crippen LogP contribution in [0.25, 0.3) is 10.8 Å². The summed E-state index contributed by atoms with van der Waals surface area (Å²) in [5, 5.41) is 19.7. The summed E-state index contributed by atoms with van der Waals surface area (Å²) >= 11 is 0. The van der Waals surface area contributed by atoms with Gasteiger partial charge in [-0.3, -0.25) is 14.4 Å². The molecule has 2 atom stereocenters. The first-order valence-electron chi connectivity index (χ1n) is 13.1. The van der Waals surface area contributed by atoms with E-state index in [1.165, 1.54) is 0 Å². The van der Waals surface area contributed by atoms with Gasteiger partial charge < -0.3 is 21.1 Å². The van der Waals surface area contributed by atoms with Gasteiger partial charge in [-0.15, -0.1) is 0 Å². The standard InChI is InChI=1S/C32H33N3O4/c36-18-17-33-31(38)28(20-23-9-3-1-4-10-23)35-32(39)29(21-24-11-5-2-6-12-24)34-30(37)22-25-15-16-26-13-7-8-14-27(26)19-25/h1-16,19,28-29,36H,17-18,20-22H2,(H,33,38)(H,34,37)(H,35,39). The molecule has 0 fully saturated rings. The molecule has 0 saturated heterocycles. The van der Waals surface area contributed by atoms with Crippen LogP contribution in [0.5, 0.6) is 0 Å². The summed E-state index contributed by atoms with van der Waals surface area (Å²) in [6.45, 7) is -0.130. The minimum absolute atomic E-state index is 0.0793. The fourth-order valence-electron chi connectivity index (χ4n) is 4.47. The normalized spacial score (nSPS) is 12.3. The zero-order valence-electron chi connectivity index (χ0n) is 21.7. The van der Waals surface area contributed by atoms with Gasteiger partial charge in [-0.2, -0.15) is 0 Å². The van der Waals surface area contributed by atoms with E-state index in [-0.39, 0.29) is 38.3 Å². The Morgan fingerprint density at radius 3 is 1.79 bits per heavy atom. The number of amides is 3. The number of fused-ring (bicyclic) bond motifs is 1. The van der Waals surface area contributed by atoms with Crippen LogP contribution in [-0.2, 0) is 33.6 Å². The lowest BCUT2D eigenvalue weighted by molar-refractivity contribution is -0.132. The van der Waals surface area contributed by atoms with Gasteiger partial charge >= 0.3 is 0 Å². The minimum Gasteiger partial charge on any atom is -0.395 e. The van der Waals surface area contributed by atoms with Crippen molar-refractivity contribution in [2.45, 2.75) is 31.3 Å². The van der Waals surface area contributed by atoms with E-state index in [1.807, 2.05) is 103 Å². The topological polar surface area (TPSA) is 108 Å². The van der Waals surface area contributed by atoms with Crippen molar-refractivity contribution in [1.82, 2.24) is 16.0 Å². The van der Waals surface area contributed by atoms with Gasteiger partial charge in [-0.25, -0.2) is 0 Å². The predicted molar refractivity (Wildman–Crippen MR) is 152 cm³/mol. The number of nitrogens with one attached hydrogen (secondary N) is 3. The largest absolute Gasteiger partial charge is 0.395 e. The molecule has 4 aromatic rings. The molecule has 0 aromatic heterocycles. The van der Waals surface area contributed by atoms with E-state index in [0.29, 0.717) is 0 Å². The lowest BCUT2D eigenvalue weighted by Gasteiger charge is -2.23. The van der Waals surface area contributed by atoms with E-state index in [2.05, 4.69) is 16.0 Å². The first-order chi connectivity index (χ1) is 19.0. The highest BCUT2D eigenvalue weighted by Crippen LogP contribution is 2.16. The Labute approximate surface area is 228 Å². The van der Waals surface area contributed by atoms with Gasteiger partial charge in [-0.05, 0) is 27.5 Å². The maximum absolute atomic E-state index is 13.5. The van der Waals surface area contributed by atoms with Crippen LogP contribution in [0, 0.1) is 0 Å². The number of aliphatic hydroxyl groups is 1. The van der Waals surface area contributed by atoms with Crippen LogP contribution in [0.1, 0.15) is 16.7 Å².